The lowest BCUT2D eigenvalue weighted by Crippen LogP contribution is -2.43. The molecule has 1 aromatic rings. The van der Waals surface area contributed by atoms with Crippen LogP contribution in [0.25, 0.3) is 0 Å². The van der Waals surface area contributed by atoms with Gasteiger partial charge in [0.15, 0.2) is 0 Å². The van der Waals surface area contributed by atoms with Gasteiger partial charge in [0.2, 0.25) is 0 Å². The summed E-state index contributed by atoms with van der Waals surface area (Å²) >= 11 is 0. The van der Waals surface area contributed by atoms with Crippen LogP contribution in [0.2, 0.25) is 0 Å². The van der Waals surface area contributed by atoms with Gasteiger partial charge in [-0.25, -0.2) is 4.79 Å². The molecule has 0 aliphatic carbocycles. The van der Waals surface area contributed by atoms with Gasteiger partial charge in [-0.3, -0.25) is 4.79 Å². The van der Waals surface area contributed by atoms with Gasteiger partial charge in [0, 0.05) is 18.2 Å². The van der Waals surface area contributed by atoms with Gasteiger partial charge in [0.25, 0.3) is 5.91 Å². The number of amides is 1. The highest BCUT2D eigenvalue weighted by Gasteiger charge is 2.38. The molecule has 1 saturated heterocycles. The molecule has 0 spiro atoms. The average Bonchev–Trinajstić information content (AvgIpc) is 2.85. The zero-order valence-electron chi connectivity index (χ0n) is 12.3. The second-order valence-electron chi connectivity index (χ2n) is 5.37. The predicted molar refractivity (Wildman–Crippen MR) is 75.9 cm³/mol. The maximum atomic E-state index is 12.2. The van der Waals surface area contributed by atoms with Gasteiger partial charge in [-0.05, 0) is 37.6 Å². The van der Waals surface area contributed by atoms with Gasteiger partial charge < -0.3 is 15.3 Å². The van der Waals surface area contributed by atoms with E-state index in [1.54, 1.807) is 0 Å². The Morgan fingerprint density at radius 2 is 1.78 bits per heavy atom. The number of hydrogen-bond acceptors (Lipinski definition) is 3. The van der Waals surface area contributed by atoms with E-state index in [1.807, 2.05) is 23.1 Å². The lowest BCUT2D eigenvalue weighted by atomic mass is 10.1. The van der Waals surface area contributed by atoms with Crippen LogP contribution in [0.15, 0.2) is 24.3 Å². The predicted octanol–water partition coefficient (Wildman–Crippen LogP) is 2.03. The number of carboxylic acids is 1. The van der Waals surface area contributed by atoms with Gasteiger partial charge in [0.05, 0.1) is 0 Å². The summed E-state index contributed by atoms with van der Waals surface area (Å²) in [6.07, 6.45) is -2.92. The van der Waals surface area contributed by atoms with E-state index in [0.717, 1.165) is 38.0 Å². The van der Waals surface area contributed by atoms with Crippen molar-refractivity contribution in [1.29, 1.82) is 0 Å². The van der Waals surface area contributed by atoms with Crippen LogP contribution in [0.4, 0.5) is 13.2 Å². The summed E-state index contributed by atoms with van der Waals surface area (Å²) in [5.74, 6) is -2.53. The molecular weight excluding hydrogens is 313 g/mol. The number of fused-ring (bicyclic) bond motifs is 1. The molecule has 1 amide bonds. The Kier molecular flexibility index (Phi) is 5.25. The van der Waals surface area contributed by atoms with Crippen molar-refractivity contribution in [1.82, 2.24) is 10.2 Å². The fraction of sp³-hybridized carbons (Fsp3) is 0.467. The number of carbonyl (C=O) groups is 2. The third-order valence-corrected chi connectivity index (χ3v) is 3.84. The van der Waals surface area contributed by atoms with Crippen LogP contribution in [0.5, 0.6) is 0 Å². The molecule has 0 saturated carbocycles. The van der Waals surface area contributed by atoms with Crippen LogP contribution < -0.4 is 5.32 Å². The van der Waals surface area contributed by atoms with Crippen LogP contribution in [-0.4, -0.2) is 47.2 Å². The number of alkyl halides is 3. The summed E-state index contributed by atoms with van der Waals surface area (Å²) in [6.45, 7) is 2.87. The number of piperidine rings is 1. The molecule has 0 radical (unpaired) electrons. The number of halogens is 3. The SMILES string of the molecule is O=C(O)C(F)(F)F.O=C1c2ccccc2CN1C1CCNCC1. The molecule has 3 rings (SSSR count). The van der Waals surface area contributed by atoms with E-state index in [2.05, 4.69) is 11.4 Å². The third kappa shape index (κ3) is 4.22. The fourth-order valence-corrected chi connectivity index (χ4v) is 2.69. The monoisotopic (exact) mass is 330 g/mol. The van der Waals surface area contributed by atoms with Gasteiger partial charge >= 0.3 is 12.1 Å². The van der Waals surface area contributed by atoms with Gasteiger partial charge in [-0.15, -0.1) is 0 Å². The van der Waals surface area contributed by atoms with E-state index >= 15 is 0 Å². The Morgan fingerprint density at radius 1 is 1.22 bits per heavy atom. The topological polar surface area (TPSA) is 69.6 Å². The number of rotatable bonds is 1. The molecule has 2 heterocycles. The Bertz CT molecular complexity index is 584. The van der Waals surface area contributed by atoms with Gasteiger partial charge in [0.1, 0.15) is 0 Å². The molecule has 0 aromatic heterocycles. The average molecular weight is 330 g/mol. The highest BCUT2D eigenvalue weighted by Crippen LogP contribution is 2.26. The summed E-state index contributed by atoms with van der Waals surface area (Å²) in [4.78, 5) is 23.1. The minimum Gasteiger partial charge on any atom is -0.475 e. The summed E-state index contributed by atoms with van der Waals surface area (Å²) in [7, 11) is 0. The first-order valence-corrected chi connectivity index (χ1v) is 7.20. The maximum Gasteiger partial charge on any atom is 0.490 e. The lowest BCUT2D eigenvalue weighted by Gasteiger charge is -2.31. The van der Waals surface area contributed by atoms with E-state index in [9.17, 15) is 18.0 Å². The molecule has 0 atom stereocenters. The molecule has 0 bridgehead atoms. The molecule has 8 heteroatoms. The Labute approximate surface area is 131 Å². The Morgan fingerprint density at radius 3 is 2.30 bits per heavy atom. The number of carbonyl (C=O) groups excluding carboxylic acids is 1. The largest absolute Gasteiger partial charge is 0.490 e. The molecule has 5 nitrogen and oxygen atoms in total. The zero-order chi connectivity index (χ0) is 17.0. The van der Waals surface area contributed by atoms with E-state index < -0.39 is 12.1 Å². The molecule has 2 aliphatic rings. The van der Waals surface area contributed by atoms with Crippen molar-refractivity contribution in [3.63, 3.8) is 0 Å². The Hall–Kier alpha value is -2.09. The molecule has 1 aromatic carbocycles. The fourth-order valence-electron chi connectivity index (χ4n) is 2.69. The summed E-state index contributed by atoms with van der Waals surface area (Å²) in [5.41, 5.74) is 2.09. The number of aliphatic carboxylic acids is 1. The van der Waals surface area contributed by atoms with Crippen LogP contribution in [0.1, 0.15) is 28.8 Å². The van der Waals surface area contributed by atoms with Crippen molar-refractivity contribution in [3.8, 4) is 0 Å². The number of benzene rings is 1. The van der Waals surface area contributed by atoms with Crippen molar-refractivity contribution in [2.24, 2.45) is 0 Å². The smallest absolute Gasteiger partial charge is 0.475 e. The van der Waals surface area contributed by atoms with Crippen molar-refractivity contribution in [2.75, 3.05) is 13.1 Å². The van der Waals surface area contributed by atoms with Crippen molar-refractivity contribution < 1.29 is 27.9 Å². The molecule has 2 aliphatic heterocycles. The standard InChI is InChI=1S/C13H16N2O.C2HF3O2/c16-13-12-4-2-1-3-10(12)9-15(13)11-5-7-14-8-6-11;3-2(4,5)1(6)7/h1-4,11,14H,5-9H2;(H,6,7). The van der Waals surface area contributed by atoms with E-state index in [1.165, 1.54) is 5.56 Å². The number of hydrogen-bond donors (Lipinski definition) is 2. The van der Waals surface area contributed by atoms with Crippen LogP contribution >= 0.6 is 0 Å². The van der Waals surface area contributed by atoms with Crippen molar-refractivity contribution in [2.45, 2.75) is 31.6 Å². The van der Waals surface area contributed by atoms with Crippen LogP contribution in [-0.2, 0) is 11.3 Å². The first kappa shape index (κ1) is 17.3. The highest BCUT2D eigenvalue weighted by molar-refractivity contribution is 5.98. The Balaban J connectivity index is 0.000000236. The molecular formula is C15H17F3N2O3. The second kappa shape index (κ2) is 6.99. The normalized spacial score (nSPS) is 18.2. The maximum absolute atomic E-state index is 12.2. The zero-order valence-corrected chi connectivity index (χ0v) is 12.3. The van der Waals surface area contributed by atoms with Crippen molar-refractivity contribution >= 4 is 11.9 Å². The molecule has 23 heavy (non-hydrogen) atoms. The van der Waals surface area contributed by atoms with E-state index in [-0.39, 0.29) is 5.91 Å². The summed E-state index contributed by atoms with van der Waals surface area (Å²) < 4.78 is 31.7. The van der Waals surface area contributed by atoms with Gasteiger partial charge in [-0.2, -0.15) is 13.2 Å². The van der Waals surface area contributed by atoms with Gasteiger partial charge in [-0.1, -0.05) is 18.2 Å². The second-order valence-corrected chi connectivity index (χ2v) is 5.37. The molecule has 0 unspecified atom stereocenters. The molecule has 126 valence electrons. The first-order chi connectivity index (χ1) is 10.8. The number of nitrogens with zero attached hydrogens (tertiary/aromatic N) is 1. The third-order valence-electron chi connectivity index (χ3n) is 3.84. The molecule has 2 N–H and O–H groups in total. The van der Waals surface area contributed by atoms with E-state index in [0.29, 0.717) is 6.04 Å². The van der Waals surface area contributed by atoms with Crippen LogP contribution in [0, 0.1) is 0 Å². The molecule has 1 fully saturated rings. The summed E-state index contributed by atoms with van der Waals surface area (Å²) in [6, 6.07) is 8.40. The minimum absolute atomic E-state index is 0.225. The van der Waals surface area contributed by atoms with Crippen LogP contribution in [0.3, 0.4) is 0 Å². The van der Waals surface area contributed by atoms with Crippen molar-refractivity contribution in [3.05, 3.63) is 35.4 Å². The first-order valence-electron chi connectivity index (χ1n) is 7.20. The quantitative estimate of drug-likeness (QED) is 0.827. The lowest BCUT2D eigenvalue weighted by molar-refractivity contribution is -0.192. The number of carboxylic acid groups (broad SMARTS) is 1. The summed E-state index contributed by atoms with van der Waals surface area (Å²) in [5, 5.41) is 10.5. The minimum atomic E-state index is -5.08. The number of nitrogens with one attached hydrogen (secondary N) is 1. The highest BCUT2D eigenvalue weighted by atomic mass is 19.4. The van der Waals surface area contributed by atoms with E-state index in [4.69, 9.17) is 9.90 Å².